The van der Waals surface area contributed by atoms with Crippen molar-refractivity contribution in [2.24, 2.45) is 0 Å². The average molecular weight is 234 g/mol. The van der Waals surface area contributed by atoms with Gasteiger partial charge in [-0.25, -0.2) is 0 Å². The highest BCUT2D eigenvalue weighted by Gasteiger charge is 2.18. The van der Waals surface area contributed by atoms with Crippen LogP contribution in [0.1, 0.15) is 43.1 Å². The molecule has 1 aromatic carbocycles. The summed E-state index contributed by atoms with van der Waals surface area (Å²) in [4.78, 5) is 14.2. The Morgan fingerprint density at radius 3 is 2.47 bits per heavy atom. The Hall–Kier alpha value is -1.51. The molecule has 3 heteroatoms. The maximum absolute atomic E-state index is 12.4. The van der Waals surface area contributed by atoms with Crippen molar-refractivity contribution in [1.82, 2.24) is 4.90 Å². The van der Waals surface area contributed by atoms with Crippen LogP contribution in [0.15, 0.2) is 18.2 Å². The van der Waals surface area contributed by atoms with E-state index in [0.29, 0.717) is 11.3 Å². The molecule has 1 atom stereocenters. The lowest BCUT2D eigenvalue weighted by molar-refractivity contribution is 0.0700. The molecule has 3 nitrogen and oxygen atoms in total. The number of carbonyl (C=O) groups excluding carboxylic acids is 1. The van der Waals surface area contributed by atoms with E-state index in [2.05, 4.69) is 13.8 Å². The fourth-order valence-corrected chi connectivity index (χ4v) is 1.98. The van der Waals surface area contributed by atoms with Gasteiger partial charge in [0, 0.05) is 23.8 Å². The molecule has 1 aromatic rings. The molecular weight excluding hydrogens is 212 g/mol. The van der Waals surface area contributed by atoms with Gasteiger partial charge in [0.1, 0.15) is 0 Å². The van der Waals surface area contributed by atoms with E-state index in [4.69, 9.17) is 5.73 Å². The van der Waals surface area contributed by atoms with Crippen molar-refractivity contribution in [3.8, 4) is 0 Å². The maximum atomic E-state index is 12.4. The van der Waals surface area contributed by atoms with Crippen LogP contribution in [0.4, 0.5) is 5.69 Å². The van der Waals surface area contributed by atoms with Gasteiger partial charge in [0.15, 0.2) is 0 Å². The Morgan fingerprint density at radius 1 is 1.35 bits per heavy atom. The van der Waals surface area contributed by atoms with Crippen molar-refractivity contribution in [3.63, 3.8) is 0 Å². The molecule has 1 amide bonds. The number of amides is 1. The number of nitrogen functional groups attached to an aromatic ring is 1. The topological polar surface area (TPSA) is 46.3 Å². The summed E-state index contributed by atoms with van der Waals surface area (Å²) in [5.74, 6) is 0.0669. The molecule has 0 bridgehead atoms. The molecule has 1 unspecified atom stereocenters. The SMILES string of the molecule is CCC(C)N(CC)C(=O)c1cc(C)cc(N)c1. The molecule has 0 aromatic heterocycles. The molecule has 17 heavy (non-hydrogen) atoms. The summed E-state index contributed by atoms with van der Waals surface area (Å²) in [6, 6.07) is 5.77. The minimum atomic E-state index is 0.0669. The van der Waals surface area contributed by atoms with Crippen LogP contribution in [0.25, 0.3) is 0 Å². The lowest BCUT2D eigenvalue weighted by Gasteiger charge is -2.27. The number of nitrogens with zero attached hydrogens (tertiary/aromatic N) is 1. The van der Waals surface area contributed by atoms with Crippen molar-refractivity contribution in [3.05, 3.63) is 29.3 Å². The zero-order valence-corrected chi connectivity index (χ0v) is 11.2. The molecule has 0 radical (unpaired) electrons. The van der Waals surface area contributed by atoms with Gasteiger partial charge in [-0.1, -0.05) is 6.92 Å². The second-order valence-electron chi connectivity index (χ2n) is 4.48. The second-order valence-corrected chi connectivity index (χ2v) is 4.48. The first-order chi connectivity index (χ1) is 7.99. The van der Waals surface area contributed by atoms with Gasteiger partial charge in [0.25, 0.3) is 5.91 Å². The smallest absolute Gasteiger partial charge is 0.254 e. The maximum Gasteiger partial charge on any atom is 0.254 e. The number of anilines is 1. The Kier molecular flexibility index (Phi) is 4.55. The Morgan fingerprint density at radius 2 is 2.00 bits per heavy atom. The van der Waals surface area contributed by atoms with Crippen LogP contribution in [-0.2, 0) is 0 Å². The quantitative estimate of drug-likeness (QED) is 0.814. The van der Waals surface area contributed by atoms with Crippen molar-refractivity contribution >= 4 is 11.6 Å². The monoisotopic (exact) mass is 234 g/mol. The third kappa shape index (κ3) is 3.22. The van der Waals surface area contributed by atoms with Gasteiger partial charge in [0.05, 0.1) is 0 Å². The molecule has 94 valence electrons. The second kappa shape index (κ2) is 5.71. The van der Waals surface area contributed by atoms with E-state index in [9.17, 15) is 4.79 Å². The van der Waals surface area contributed by atoms with Crippen molar-refractivity contribution in [2.45, 2.75) is 40.2 Å². The minimum absolute atomic E-state index is 0.0669. The third-order valence-electron chi connectivity index (χ3n) is 3.07. The highest BCUT2D eigenvalue weighted by Crippen LogP contribution is 2.15. The summed E-state index contributed by atoms with van der Waals surface area (Å²) in [6.07, 6.45) is 0.959. The van der Waals surface area contributed by atoms with Crippen LogP contribution in [0, 0.1) is 6.92 Å². The Labute approximate surface area is 104 Å². The number of carbonyl (C=O) groups is 1. The summed E-state index contributed by atoms with van der Waals surface area (Å²) >= 11 is 0. The summed E-state index contributed by atoms with van der Waals surface area (Å²) in [6.45, 7) is 8.84. The van der Waals surface area contributed by atoms with Crippen LogP contribution in [0.5, 0.6) is 0 Å². The highest BCUT2D eigenvalue weighted by atomic mass is 16.2. The van der Waals surface area contributed by atoms with Gasteiger partial charge >= 0.3 is 0 Å². The predicted molar refractivity (Wildman–Crippen MR) is 72.1 cm³/mol. The molecule has 1 rings (SSSR count). The number of rotatable bonds is 4. The minimum Gasteiger partial charge on any atom is -0.399 e. The fourth-order valence-electron chi connectivity index (χ4n) is 1.98. The van der Waals surface area contributed by atoms with E-state index in [-0.39, 0.29) is 11.9 Å². The zero-order chi connectivity index (χ0) is 13.0. The normalized spacial score (nSPS) is 12.2. The van der Waals surface area contributed by atoms with Gasteiger partial charge in [-0.05, 0) is 51.0 Å². The first-order valence-corrected chi connectivity index (χ1v) is 6.17. The highest BCUT2D eigenvalue weighted by molar-refractivity contribution is 5.95. The first-order valence-electron chi connectivity index (χ1n) is 6.17. The lowest BCUT2D eigenvalue weighted by atomic mass is 10.1. The van der Waals surface area contributed by atoms with Crippen LogP contribution >= 0.6 is 0 Å². The van der Waals surface area contributed by atoms with Gasteiger partial charge in [0.2, 0.25) is 0 Å². The Balaban J connectivity index is 3.01. The molecule has 0 aliphatic heterocycles. The summed E-state index contributed by atoms with van der Waals surface area (Å²) in [5, 5.41) is 0. The number of hydrogen-bond acceptors (Lipinski definition) is 2. The largest absolute Gasteiger partial charge is 0.399 e. The molecule has 0 fully saturated rings. The molecule has 0 heterocycles. The number of hydrogen-bond donors (Lipinski definition) is 1. The summed E-state index contributed by atoms with van der Waals surface area (Å²) < 4.78 is 0. The number of aryl methyl sites for hydroxylation is 1. The van der Waals surface area contributed by atoms with Gasteiger partial charge < -0.3 is 10.6 Å². The van der Waals surface area contributed by atoms with Gasteiger partial charge in [-0.2, -0.15) is 0 Å². The zero-order valence-electron chi connectivity index (χ0n) is 11.2. The van der Waals surface area contributed by atoms with Crippen LogP contribution in [0.2, 0.25) is 0 Å². The molecule has 0 saturated carbocycles. The van der Waals surface area contributed by atoms with Crippen molar-refractivity contribution < 1.29 is 4.79 Å². The van der Waals surface area contributed by atoms with Gasteiger partial charge in [-0.3, -0.25) is 4.79 Å². The molecule has 0 spiro atoms. The number of nitrogens with two attached hydrogens (primary N) is 1. The standard InChI is InChI=1S/C14H22N2O/c1-5-11(4)16(6-2)14(17)12-7-10(3)8-13(15)9-12/h7-9,11H,5-6,15H2,1-4H3. The van der Waals surface area contributed by atoms with Gasteiger partial charge in [-0.15, -0.1) is 0 Å². The summed E-state index contributed by atoms with van der Waals surface area (Å²) in [7, 11) is 0. The fraction of sp³-hybridized carbons (Fsp3) is 0.500. The lowest BCUT2D eigenvalue weighted by Crippen LogP contribution is -2.38. The van der Waals surface area contributed by atoms with E-state index in [1.165, 1.54) is 0 Å². The van der Waals surface area contributed by atoms with E-state index in [0.717, 1.165) is 18.5 Å². The molecular formula is C14H22N2O. The van der Waals surface area contributed by atoms with E-state index in [1.807, 2.05) is 30.9 Å². The van der Waals surface area contributed by atoms with E-state index in [1.54, 1.807) is 6.07 Å². The van der Waals surface area contributed by atoms with Crippen LogP contribution in [0.3, 0.4) is 0 Å². The Bertz CT molecular complexity index is 381. The first kappa shape index (κ1) is 13.6. The van der Waals surface area contributed by atoms with Crippen LogP contribution in [-0.4, -0.2) is 23.4 Å². The van der Waals surface area contributed by atoms with Crippen LogP contribution < -0.4 is 5.73 Å². The number of benzene rings is 1. The summed E-state index contributed by atoms with van der Waals surface area (Å²) in [5.41, 5.74) is 8.13. The van der Waals surface area contributed by atoms with E-state index >= 15 is 0 Å². The van der Waals surface area contributed by atoms with Crippen molar-refractivity contribution in [1.29, 1.82) is 0 Å². The molecule has 2 N–H and O–H groups in total. The third-order valence-corrected chi connectivity index (χ3v) is 3.07. The molecule has 0 aliphatic rings. The molecule has 0 aliphatic carbocycles. The van der Waals surface area contributed by atoms with Crippen molar-refractivity contribution in [2.75, 3.05) is 12.3 Å². The molecule has 0 saturated heterocycles. The predicted octanol–water partition coefficient (Wildman–Crippen LogP) is 2.84. The average Bonchev–Trinajstić information content (AvgIpc) is 2.28. The van der Waals surface area contributed by atoms with E-state index < -0.39 is 0 Å².